The number of rotatable bonds is 4. The monoisotopic (exact) mass is 413 g/mol. The lowest BCUT2D eigenvalue weighted by atomic mass is 10.2. The quantitative estimate of drug-likeness (QED) is 0.493. The summed E-state index contributed by atoms with van der Waals surface area (Å²) in [6.07, 6.45) is -4.62. The molecule has 0 aliphatic carbocycles. The van der Waals surface area contributed by atoms with Crippen LogP contribution < -0.4 is 10.9 Å². The molecule has 1 heterocycles. The van der Waals surface area contributed by atoms with Gasteiger partial charge in [0.05, 0.1) is 27.2 Å². The van der Waals surface area contributed by atoms with Gasteiger partial charge < -0.3 is 10.3 Å². The normalized spacial score (nSPS) is 11.6. The van der Waals surface area contributed by atoms with Gasteiger partial charge in [-0.3, -0.25) is 9.59 Å². The molecule has 0 atom stereocenters. The largest absolute Gasteiger partial charge is 0.417 e. The Morgan fingerprint density at radius 2 is 1.96 bits per heavy atom. The Hall–Kier alpha value is -2.52. The van der Waals surface area contributed by atoms with Gasteiger partial charge in [0.1, 0.15) is 0 Å². The lowest BCUT2D eigenvalue weighted by Gasteiger charge is -2.11. The highest BCUT2D eigenvalue weighted by molar-refractivity contribution is 7.99. The molecule has 0 aliphatic heterocycles. The fraction of sp³-hybridized carbons (Fsp3) is 0.118. The first-order valence-electron chi connectivity index (χ1n) is 7.52. The molecule has 2 N–H and O–H groups in total. The summed E-state index contributed by atoms with van der Waals surface area (Å²) in [4.78, 5) is 30.8. The number of carbonyl (C=O) groups excluding carboxylic acids is 1. The molecule has 0 spiro atoms. The Morgan fingerprint density at radius 1 is 1.22 bits per heavy atom. The van der Waals surface area contributed by atoms with Crippen LogP contribution in [0.3, 0.4) is 0 Å². The van der Waals surface area contributed by atoms with Gasteiger partial charge in [-0.1, -0.05) is 35.5 Å². The van der Waals surface area contributed by atoms with Crippen molar-refractivity contribution in [3.8, 4) is 0 Å². The van der Waals surface area contributed by atoms with Crippen molar-refractivity contribution < 1.29 is 18.0 Å². The Labute approximate surface area is 160 Å². The molecule has 10 heteroatoms. The van der Waals surface area contributed by atoms with Gasteiger partial charge in [-0.25, -0.2) is 4.98 Å². The number of alkyl halides is 3. The van der Waals surface area contributed by atoms with Crippen molar-refractivity contribution in [3.63, 3.8) is 0 Å². The van der Waals surface area contributed by atoms with Crippen molar-refractivity contribution in [1.82, 2.24) is 9.97 Å². The first-order valence-corrected chi connectivity index (χ1v) is 8.89. The van der Waals surface area contributed by atoms with E-state index in [2.05, 4.69) is 15.3 Å². The number of fused-ring (bicyclic) bond motifs is 1. The zero-order valence-corrected chi connectivity index (χ0v) is 15.0. The number of aromatic nitrogens is 2. The van der Waals surface area contributed by atoms with Crippen LogP contribution in [0.4, 0.5) is 18.9 Å². The van der Waals surface area contributed by atoms with E-state index in [4.69, 9.17) is 11.6 Å². The number of anilines is 1. The summed E-state index contributed by atoms with van der Waals surface area (Å²) in [5.41, 5.74) is -0.917. The molecule has 0 aliphatic rings. The number of halogens is 4. The second-order valence-electron chi connectivity index (χ2n) is 5.42. The second-order valence-corrected chi connectivity index (χ2v) is 6.79. The molecule has 0 bridgehead atoms. The highest BCUT2D eigenvalue weighted by Gasteiger charge is 2.33. The summed E-state index contributed by atoms with van der Waals surface area (Å²) >= 11 is 6.50. The Bertz CT molecular complexity index is 1070. The number of carbonyl (C=O) groups is 1. The topological polar surface area (TPSA) is 74.8 Å². The van der Waals surface area contributed by atoms with E-state index in [1.165, 1.54) is 6.07 Å². The van der Waals surface area contributed by atoms with Crippen LogP contribution in [0.2, 0.25) is 5.02 Å². The van der Waals surface area contributed by atoms with E-state index in [0.717, 1.165) is 23.9 Å². The molecule has 1 amide bonds. The zero-order valence-electron chi connectivity index (χ0n) is 13.4. The molecular formula is C17H11ClF3N3O2S. The van der Waals surface area contributed by atoms with Crippen molar-refractivity contribution in [2.45, 2.75) is 11.3 Å². The van der Waals surface area contributed by atoms with Crippen LogP contribution in [-0.4, -0.2) is 21.6 Å². The summed E-state index contributed by atoms with van der Waals surface area (Å²) in [7, 11) is 0. The molecule has 2 aromatic carbocycles. The zero-order chi connectivity index (χ0) is 19.6. The van der Waals surface area contributed by atoms with Gasteiger partial charge in [0.15, 0.2) is 5.16 Å². The maximum atomic E-state index is 12.9. The minimum absolute atomic E-state index is 0.0303. The molecular weight excluding hydrogens is 403 g/mol. The standard InChI is InChI=1S/C17H11ClF3N3O2S/c18-12-6-5-9(7-11(12)17(19,20)21)22-14(25)8-27-16-23-13-4-2-1-3-10(13)15(26)24-16/h1-7H,8H2,(H,22,25)(H,23,24,26). The molecule has 1 aromatic heterocycles. The molecule has 0 unspecified atom stereocenters. The maximum Gasteiger partial charge on any atom is 0.417 e. The fourth-order valence-corrected chi connectivity index (χ4v) is 3.18. The number of H-pyrrole nitrogens is 1. The van der Waals surface area contributed by atoms with E-state index in [-0.39, 0.29) is 22.2 Å². The number of nitrogens with zero attached hydrogens (tertiary/aromatic N) is 1. The third kappa shape index (κ3) is 4.61. The van der Waals surface area contributed by atoms with Crippen LogP contribution in [0.25, 0.3) is 10.9 Å². The van der Waals surface area contributed by atoms with Crippen molar-refractivity contribution >= 4 is 45.9 Å². The fourth-order valence-electron chi connectivity index (χ4n) is 2.28. The molecule has 5 nitrogen and oxygen atoms in total. The van der Waals surface area contributed by atoms with Gasteiger partial charge in [-0.05, 0) is 30.3 Å². The molecule has 0 fully saturated rings. The number of para-hydroxylation sites is 1. The number of hydrogen-bond acceptors (Lipinski definition) is 4. The highest BCUT2D eigenvalue weighted by Crippen LogP contribution is 2.36. The van der Waals surface area contributed by atoms with Crippen LogP contribution in [0.15, 0.2) is 52.4 Å². The van der Waals surface area contributed by atoms with Crippen molar-refractivity contribution in [2.75, 3.05) is 11.1 Å². The number of nitrogens with one attached hydrogen (secondary N) is 2. The van der Waals surface area contributed by atoms with Gasteiger partial charge in [0.2, 0.25) is 5.91 Å². The highest BCUT2D eigenvalue weighted by atomic mass is 35.5. The van der Waals surface area contributed by atoms with Crippen molar-refractivity contribution in [2.24, 2.45) is 0 Å². The molecule has 27 heavy (non-hydrogen) atoms. The minimum Gasteiger partial charge on any atom is -0.325 e. The Balaban J connectivity index is 1.69. The van der Waals surface area contributed by atoms with E-state index in [1.54, 1.807) is 24.3 Å². The number of benzene rings is 2. The van der Waals surface area contributed by atoms with Crippen LogP contribution in [0.5, 0.6) is 0 Å². The number of hydrogen-bond donors (Lipinski definition) is 2. The van der Waals surface area contributed by atoms with Gasteiger partial charge >= 0.3 is 6.18 Å². The van der Waals surface area contributed by atoms with E-state index >= 15 is 0 Å². The summed E-state index contributed by atoms with van der Waals surface area (Å²) < 4.78 is 38.6. The summed E-state index contributed by atoms with van der Waals surface area (Å²) in [6, 6.07) is 9.84. The van der Waals surface area contributed by atoms with Crippen LogP contribution in [0, 0.1) is 0 Å². The smallest absolute Gasteiger partial charge is 0.325 e. The third-order valence-electron chi connectivity index (χ3n) is 3.49. The average Bonchev–Trinajstić information content (AvgIpc) is 2.61. The maximum absolute atomic E-state index is 12.9. The van der Waals surface area contributed by atoms with Crippen molar-refractivity contribution in [3.05, 3.63) is 63.4 Å². The number of amides is 1. The second kappa shape index (κ2) is 7.61. The molecule has 0 saturated heterocycles. The molecule has 3 rings (SSSR count). The van der Waals surface area contributed by atoms with Crippen LogP contribution in [0.1, 0.15) is 5.56 Å². The van der Waals surface area contributed by atoms with E-state index in [1.807, 2.05) is 0 Å². The third-order valence-corrected chi connectivity index (χ3v) is 4.69. The number of aromatic amines is 1. The van der Waals surface area contributed by atoms with Gasteiger partial charge in [0.25, 0.3) is 5.56 Å². The summed E-state index contributed by atoms with van der Waals surface area (Å²) in [5.74, 6) is -0.697. The summed E-state index contributed by atoms with van der Waals surface area (Å²) in [5, 5.41) is 2.57. The average molecular weight is 414 g/mol. The van der Waals surface area contributed by atoms with Crippen LogP contribution >= 0.6 is 23.4 Å². The molecule has 0 radical (unpaired) electrons. The Kier molecular flexibility index (Phi) is 5.43. The first-order chi connectivity index (χ1) is 12.7. The predicted molar refractivity (Wildman–Crippen MR) is 98.2 cm³/mol. The molecule has 140 valence electrons. The summed E-state index contributed by atoms with van der Waals surface area (Å²) in [6.45, 7) is 0. The predicted octanol–water partition coefficient (Wildman–Crippen LogP) is 4.33. The molecule has 0 saturated carbocycles. The van der Waals surface area contributed by atoms with Crippen LogP contribution in [-0.2, 0) is 11.0 Å². The van der Waals surface area contributed by atoms with Gasteiger partial charge in [-0.15, -0.1) is 0 Å². The lowest BCUT2D eigenvalue weighted by Crippen LogP contribution is -2.16. The first kappa shape index (κ1) is 19.2. The van der Waals surface area contributed by atoms with E-state index in [0.29, 0.717) is 10.9 Å². The molecule has 3 aromatic rings. The number of thioether (sulfide) groups is 1. The minimum atomic E-state index is -4.62. The van der Waals surface area contributed by atoms with Gasteiger partial charge in [0, 0.05) is 5.69 Å². The lowest BCUT2D eigenvalue weighted by molar-refractivity contribution is -0.137. The van der Waals surface area contributed by atoms with Gasteiger partial charge in [-0.2, -0.15) is 13.2 Å². The Morgan fingerprint density at radius 3 is 2.70 bits per heavy atom. The van der Waals surface area contributed by atoms with E-state index in [9.17, 15) is 22.8 Å². The SMILES string of the molecule is O=C(CSc1nc2ccccc2c(=O)[nH]1)Nc1ccc(Cl)c(C(F)(F)F)c1. The van der Waals surface area contributed by atoms with E-state index < -0.39 is 22.7 Å². The van der Waals surface area contributed by atoms with Crippen molar-refractivity contribution in [1.29, 1.82) is 0 Å².